The lowest BCUT2D eigenvalue weighted by molar-refractivity contribution is -0.137. The van der Waals surface area contributed by atoms with E-state index in [1.54, 1.807) is 24.3 Å². The van der Waals surface area contributed by atoms with Crippen LogP contribution >= 0.6 is 0 Å². The molecule has 4 rings (SSSR count). The molecule has 0 bridgehead atoms. The standard InChI is InChI=1S/C28H25F3N2O2/c1-17-8-9-21(19(3)14-17)16-33-24(15-23(28(29,30)31)26(32)27(33)34)20-10-12-22(13-11-20)35-25-7-5-4-6-18(25)2/h4-15H,16,32H2,1-3H3. The van der Waals surface area contributed by atoms with E-state index in [0.29, 0.717) is 17.1 Å². The number of nitrogens with two attached hydrogens (primary N) is 1. The summed E-state index contributed by atoms with van der Waals surface area (Å²) in [6.45, 7) is 5.86. The third-order valence-corrected chi connectivity index (χ3v) is 5.94. The van der Waals surface area contributed by atoms with Crippen molar-refractivity contribution in [2.45, 2.75) is 33.5 Å². The largest absolute Gasteiger partial charge is 0.457 e. The second-order valence-electron chi connectivity index (χ2n) is 8.57. The number of aryl methyl sites for hydroxylation is 3. The van der Waals surface area contributed by atoms with Gasteiger partial charge in [0, 0.05) is 0 Å². The molecule has 0 spiro atoms. The number of anilines is 1. The molecule has 7 heteroatoms. The van der Waals surface area contributed by atoms with E-state index in [9.17, 15) is 18.0 Å². The number of nitrogens with zero attached hydrogens (tertiary/aromatic N) is 1. The molecule has 0 saturated carbocycles. The van der Waals surface area contributed by atoms with Gasteiger partial charge in [-0.15, -0.1) is 0 Å². The van der Waals surface area contributed by atoms with Crippen molar-refractivity contribution in [3.05, 3.63) is 111 Å². The summed E-state index contributed by atoms with van der Waals surface area (Å²) in [7, 11) is 0. The van der Waals surface area contributed by atoms with Gasteiger partial charge in [0.15, 0.2) is 0 Å². The molecule has 0 aliphatic rings. The summed E-state index contributed by atoms with van der Waals surface area (Å²) in [6, 6.07) is 20.8. The first-order valence-corrected chi connectivity index (χ1v) is 11.0. The summed E-state index contributed by atoms with van der Waals surface area (Å²) in [4.78, 5) is 13.1. The fourth-order valence-corrected chi connectivity index (χ4v) is 3.98. The Morgan fingerprint density at radius 3 is 2.20 bits per heavy atom. The molecule has 0 aliphatic heterocycles. The molecule has 4 aromatic rings. The molecule has 0 atom stereocenters. The van der Waals surface area contributed by atoms with Gasteiger partial charge in [0.1, 0.15) is 17.2 Å². The highest BCUT2D eigenvalue weighted by Gasteiger charge is 2.35. The van der Waals surface area contributed by atoms with Crippen LogP contribution in [-0.4, -0.2) is 4.57 Å². The van der Waals surface area contributed by atoms with Gasteiger partial charge in [0.2, 0.25) is 0 Å². The predicted octanol–water partition coefficient (Wildman–Crippen LogP) is 6.88. The number of nitrogen functional groups attached to an aromatic ring is 1. The molecule has 0 unspecified atom stereocenters. The van der Waals surface area contributed by atoms with Crippen LogP contribution in [0, 0.1) is 20.8 Å². The molecule has 180 valence electrons. The first-order chi connectivity index (χ1) is 16.5. The summed E-state index contributed by atoms with van der Waals surface area (Å²) >= 11 is 0. The van der Waals surface area contributed by atoms with E-state index in [1.807, 2.05) is 63.2 Å². The Kier molecular flexibility index (Phi) is 6.43. The molecule has 1 heterocycles. The summed E-state index contributed by atoms with van der Waals surface area (Å²) in [5, 5.41) is 0. The Balaban J connectivity index is 1.81. The molecule has 0 amide bonds. The first kappa shape index (κ1) is 24.1. The van der Waals surface area contributed by atoms with E-state index in [-0.39, 0.29) is 12.2 Å². The van der Waals surface area contributed by atoms with Crippen LogP contribution in [0.15, 0.2) is 77.6 Å². The van der Waals surface area contributed by atoms with Gasteiger partial charge < -0.3 is 15.0 Å². The normalized spacial score (nSPS) is 11.5. The number of alkyl halides is 3. The lowest BCUT2D eigenvalue weighted by Crippen LogP contribution is -2.29. The number of hydrogen-bond acceptors (Lipinski definition) is 3. The maximum Gasteiger partial charge on any atom is 0.418 e. The van der Waals surface area contributed by atoms with Crippen molar-refractivity contribution in [3.63, 3.8) is 0 Å². The number of aromatic nitrogens is 1. The number of ether oxygens (including phenoxy) is 1. The number of benzene rings is 3. The summed E-state index contributed by atoms with van der Waals surface area (Å²) in [5.41, 5.74) is 7.16. The molecule has 0 radical (unpaired) electrons. The zero-order valence-electron chi connectivity index (χ0n) is 19.6. The molecule has 0 saturated heterocycles. The van der Waals surface area contributed by atoms with Crippen LogP contribution in [0.1, 0.15) is 27.8 Å². The second kappa shape index (κ2) is 9.33. The van der Waals surface area contributed by atoms with E-state index in [0.717, 1.165) is 28.3 Å². The molecule has 1 aromatic heterocycles. The lowest BCUT2D eigenvalue weighted by Gasteiger charge is -2.19. The van der Waals surface area contributed by atoms with Crippen molar-refractivity contribution < 1.29 is 17.9 Å². The third kappa shape index (κ3) is 5.09. The first-order valence-electron chi connectivity index (χ1n) is 11.0. The van der Waals surface area contributed by atoms with Gasteiger partial charge in [0.05, 0.1) is 17.8 Å². The minimum Gasteiger partial charge on any atom is -0.457 e. The van der Waals surface area contributed by atoms with Crippen LogP contribution in [0.3, 0.4) is 0 Å². The van der Waals surface area contributed by atoms with Gasteiger partial charge in [-0.1, -0.05) is 42.0 Å². The summed E-state index contributed by atoms with van der Waals surface area (Å²) < 4.78 is 48.3. The average molecular weight is 479 g/mol. The van der Waals surface area contributed by atoms with Crippen LogP contribution in [0.5, 0.6) is 11.5 Å². The number of pyridine rings is 1. The maximum atomic E-state index is 13.7. The van der Waals surface area contributed by atoms with Crippen molar-refractivity contribution in [3.8, 4) is 22.8 Å². The monoisotopic (exact) mass is 478 g/mol. The van der Waals surface area contributed by atoms with Gasteiger partial charge >= 0.3 is 6.18 Å². The van der Waals surface area contributed by atoms with Crippen LogP contribution in [0.2, 0.25) is 0 Å². The number of para-hydroxylation sites is 1. The van der Waals surface area contributed by atoms with Gasteiger partial charge in [-0.05, 0) is 79.4 Å². The van der Waals surface area contributed by atoms with Crippen molar-refractivity contribution >= 4 is 5.69 Å². The average Bonchev–Trinajstić information content (AvgIpc) is 2.80. The fraction of sp³-hybridized carbons (Fsp3) is 0.179. The van der Waals surface area contributed by atoms with E-state index in [2.05, 4.69) is 0 Å². The highest BCUT2D eigenvalue weighted by Crippen LogP contribution is 2.35. The fourth-order valence-electron chi connectivity index (χ4n) is 3.98. The van der Waals surface area contributed by atoms with Crippen molar-refractivity contribution in [2.75, 3.05) is 5.73 Å². The van der Waals surface area contributed by atoms with Crippen molar-refractivity contribution in [2.24, 2.45) is 0 Å². The number of rotatable bonds is 5. The molecule has 4 nitrogen and oxygen atoms in total. The molecule has 2 N–H and O–H groups in total. The maximum absolute atomic E-state index is 13.7. The van der Waals surface area contributed by atoms with E-state index in [1.165, 1.54) is 4.57 Å². The van der Waals surface area contributed by atoms with Gasteiger partial charge in [-0.2, -0.15) is 13.2 Å². The minimum absolute atomic E-state index is 0.0874. The van der Waals surface area contributed by atoms with Crippen LogP contribution in [-0.2, 0) is 12.7 Å². The van der Waals surface area contributed by atoms with Crippen LogP contribution in [0.4, 0.5) is 18.9 Å². The van der Waals surface area contributed by atoms with Gasteiger partial charge in [0.25, 0.3) is 5.56 Å². The van der Waals surface area contributed by atoms with Crippen LogP contribution < -0.4 is 16.0 Å². The molecule has 0 fully saturated rings. The van der Waals surface area contributed by atoms with Crippen molar-refractivity contribution in [1.29, 1.82) is 0 Å². The smallest absolute Gasteiger partial charge is 0.418 e. The Labute approximate surface area is 201 Å². The summed E-state index contributed by atoms with van der Waals surface area (Å²) in [6.07, 6.45) is -4.76. The second-order valence-corrected chi connectivity index (χ2v) is 8.57. The van der Waals surface area contributed by atoms with Gasteiger partial charge in [-0.25, -0.2) is 0 Å². The Morgan fingerprint density at radius 2 is 1.57 bits per heavy atom. The van der Waals surface area contributed by atoms with E-state index in [4.69, 9.17) is 10.5 Å². The summed E-state index contributed by atoms with van der Waals surface area (Å²) in [5.74, 6) is 1.21. The quantitative estimate of drug-likeness (QED) is 0.340. The molecular weight excluding hydrogens is 453 g/mol. The topological polar surface area (TPSA) is 57.2 Å². The predicted molar refractivity (Wildman–Crippen MR) is 132 cm³/mol. The SMILES string of the molecule is Cc1ccc(Cn2c(-c3ccc(Oc4ccccc4C)cc3)cc(C(F)(F)F)c(N)c2=O)c(C)c1. The Hall–Kier alpha value is -4.00. The highest BCUT2D eigenvalue weighted by atomic mass is 19.4. The lowest BCUT2D eigenvalue weighted by atomic mass is 10.0. The highest BCUT2D eigenvalue weighted by molar-refractivity contribution is 5.65. The van der Waals surface area contributed by atoms with Crippen molar-refractivity contribution in [1.82, 2.24) is 4.57 Å². The Bertz CT molecular complexity index is 1440. The molecule has 3 aromatic carbocycles. The number of hydrogen-bond donors (Lipinski definition) is 1. The van der Waals surface area contributed by atoms with Gasteiger partial charge in [-0.3, -0.25) is 4.79 Å². The molecular formula is C28H25F3N2O2. The molecule has 35 heavy (non-hydrogen) atoms. The minimum atomic E-state index is -4.76. The zero-order valence-corrected chi connectivity index (χ0v) is 19.6. The van der Waals surface area contributed by atoms with E-state index < -0.39 is 23.0 Å². The molecule has 0 aliphatic carbocycles. The zero-order chi connectivity index (χ0) is 25.3. The third-order valence-electron chi connectivity index (χ3n) is 5.94. The number of halogens is 3. The Morgan fingerprint density at radius 1 is 0.886 bits per heavy atom. The van der Waals surface area contributed by atoms with Crippen LogP contribution in [0.25, 0.3) is 11.3 Å². The van der Waals surface area contributed by atoms with E-state index >= 15 is 0 Å².